The van der Waals surface area contributed by atoms with Crippen molar-refractivity contribution in [3.8, 4) is 16.9 Å². The molecule has 2 aromatic carbocycles. The smallest absolute Gasteiger partial charge is 0.427 e. The number of halogens is 3. The number of alkyl halides is 3. The number of carbonyl (C=O) groups is 1. The maximum atomic E-state index is 12.9. The molecule has 0 bridgehead atoms. The average molecular weight is 424 g/mol. The van der Waals surface area contributed by atoms with E-state index < -0.39 is 24.9 Å². The number of ether oxygens (including phenoxy) is 3. The molecule has 30 heavy (non-hydrogen) atoms. The van der Waals surface area contributed by atoms with E-state index in [2.05, 4.69) is 16.4 Å². The lowest BCUT2D eigenvalue weighted by Crippen LogP contribution is -2.37. The first-order valence-corrected chi connectivity index (χ1v) is 9.95. The van der Waals surface area contributed by atoms with Gasteiger partial charge < -0.3 is 14.2 Å². The van der Waals surface area contributed by atoms with Crippen molar-refractivity contribution in [3.05, 3.63) is 54.1 Å². The third kappa shape index (κ3) is 7.37. The van der Waals surface area contributed by atoms with Crippen LogP contribution in [-0.2, 0) is 9.47 Å². The Morgan fingerprint density at radius 3 is 2.07 bits per heavy atom. The summed E-state index contributed by atoms with van der Waals surface area (Å²) in [6.45, 7) is 2.09. The van der Waals surface area contributed by atoms with Crippen molar-refractivity contribution >= 4 is 5.97 Å². The average Bonchev–Trinajstić information content (AvgIpc) is 2.73. The van der Waals surface area contributed by atoms with Gasteiger partial charge in [0.25, 0.3) is 0 Å². The molecule has 0 aliphatic carbocycles. The molecular weight excluding hydrogens is 397 g/mol. The second-order valence-electron chi connectivity index (χ2n) is 6.90. The molecule has 1 unspecified atom stereocenters. The zero-order chi connectivity index (χ0) is 22.0. The first kappa shape index (κ1) is 23.7. The van der Waals surface area contributed by atoms with Gasteiger partial charge in [0.15, 0.2) is 0 Å². The molecule has 0 saturated heterocycles. The summed E-state index contributed by atoms with van der Waals surface area (Å²) in [6, 6.07) is 13.7. The van der Waals surface area contributed by atoms with Crippen LogP contribution in [0.5, 0.6) is 5.75 Å². The van der Waals surface area contributed by atoms with Crippen molar-refractivity contribution < 1.29 is 32.2 Å². The molecule has 0 amide bonds. The van der Waals surface area contributed by atoms with Crippen LogP contribution in [0.1, 0.15) is 43.0 Å². The monoisotopic (exact) mass is 424 g/mol. The van der Waals surface area contributed by atoms with Gasteiger partial charge in [-0.2, -0.15) is 13.2 Å². The van der Waals surface area contributed by atoms with Crippen LogP contribution < -0.4 is 4.74 Å². The zero-order valence-corrected chi connectivity index (χ0v) is 17.2. The molecule has 4 nitrogen and oxygen atoms in total. The Balaban J connectivity index is 1.95. The molecule has 0 saturated carbocycles. The highest BCUT2D eigenvalue weighted by atomic mass is 19.4. The Bertz CT molecular complexity index is 771. The highest BCUT2D eigenvalue weighted by Gasteiger charge is 2.43. The number of esters is 1. The molecule has 0 heterocycles. The fraction of sp³-hybridized carbons (Fsp3) is 0.435. The largest absolute Gasteiger partial charge is 0.494 e. The van der Waals surface area contributed by atoms with Gasteiger partial charge in [-0.3, -0.25) is 0 Å². The predicted octanol–water partition coefficient (Wildman–Crippen LogP) is 6.05. The van der Waals surface area contributed by atoms with E-state index in [1.165, 1.54) is 25.0 Å². The number of benzene rings is 2. The van der Waals surface area contributed by atoms with Crippen LogP contribution in [0, 0.1) is 0 Å². The summed E-state index contributed by atoms with van der Waals surface area (Å²) in [5.74, 6) is -0.264. The summed E-state index contributed by atoms with van der Waals surface area (Å²) >= 11 is 0. The van der Waals surface area contributed by atoms with Gasteiger partial charge in [-0.1, -0.05) is 50.5 Å². The highest BCUT2D eigenvalue weighted by Crippen LogP contribution is 2.26. The van der Waals surface area contributed by atoms with Crippen LogP contribution >= 0.6 is 0 Å². The van der Waals surface area contributed by atoms with E-state index in [-0.39, 0.29) is 5.56 Å². The lowest BCUT2D eigenvalue weighted by atomic mass is 10.0. The van der Waals surface area contributed by atoms with E-state index in [1.807, 2.05) is 24.3 Å². The number of unbranched alkanes of at least 4 members (excludes halogenated alkanes) is 3. The van der Waals surface area contributed by atoms with Gasteiger partial charge >= 0.3 is 12.1 Å². The Morgan fingerprint density at radius 1 is 0.933 bits per heavy atom. The molecule has 0 spiro atoms. The van der Waals surface area contributed by atoms with Gasteiger partial charge in [-0.05, 0) is 41.8 Å². The fourth-order valence-corrected chi connectivity index (χ4v) is 2.81. The summed E-state index contributed by atoms with van der Waals surface area (Å²) in [7, 11) is 1.12. The summed E-state index contributed by atoms with van der Waals surface area (Å²) in [6.07, 6.45) is -2.43. The first-order valence-electron chi connectivity index (χ1n) is 9.95. The van der Waals surface area contributed by atoms with Crippen molar-refractivity contribution in [1.29, 1.82) is 0 Å². The zero-order valence-electron chi connectivity index (χ0n) is 17.2. The molecule has 0 radical (unpaired) electrons. The van der Waals surface area contributed by atoms with Crippen LogP contribution in [0.3, 0.4) is 0 Å². The van der Waals surface area contributed by atoms with E-state index in [1.54, 1.807) is 12.1 Å². The minimum absolute atomic E-state index is 0.0381. The van der Waals surface area contributed by atoms with Gasteiger partial charge in [-0.25, -0.2) is 4.79 Å². The first-order chi connectivity index (χ1) is 14.3. The van der Waals surface area contributed by atoms with Crippen molar-refractivity contribution in [2.24, 2.45) is 0 Å². The predicted molar refractivity (Wildman–Crippen MR) is 109 cm³/mol. The second kappa shape index (κ2) is 11.6. The summed E-state index contributed by atoms with van der Waals surface area (Å²) in [5, 5.41) is 0. The minimum atomic E-state index is -4.69. The third-order valence-corrected chi connectivity index (χ3v) is 4.51. The van der Waals surface area contributed by atoms with E-state index in [0.717, 1.165) is 36.8 Å². The standard InChI is InChI=1S/C23H27F3O4/c1-3-4-5-6-15-29-20-13-11-18(12-14-20)17-7-9-19(10-8-17)22(27)30-21(16-28-2)23(24,25)26/h7-14,21H,3-6,15-16H2,1-2H3. The maximum absolute atomic E-state index is 12.9. The van der Waals surface area contributed by atoms with Gasteiger partial charge in [0.1, 0.15) is 5.75 Å². The summed E-state index contributed by atoms with van der Waals surface area (Å²) < 4.78 is 53.4. The van der Waals surface area contributed by atoms with Crippen LogP contribution in [0.4, 0.5) is 13.2 Å². The summed E-state index contributed by atoms with van der Waals surface area (Å²) in [5.41, 5.74) is 1.77. The van der Waals surface area contributed by atoms with Crippen molar-refractivity contribution in [2.45, 2.75) is 44.9 Å². The number of hydrogen-bond acceptors (Lipinski definition) is 4. The molecule has 164 valence electrons. The van der Waals surface area contributed by atoms with Crippen molar-refractivity contribution in [3.63, 3.8) is 0 Å². The van der Waals surface area contributed by atoms with Gasteiger partial charge in [0.05, 0.1) is 18.8 Å². The van der Waals surface area contributed by atoms with E-state index in [9.17, 15) is 18.0 Å². The molecule has 0 aliphatic heterocycles. The Labute approximate surface area is 175 Å². The SMILES string of the molecule is CCCCCCOc1ccc(-c2ccc(C(=O)OC(COC)C(F)(F)F)cc2)cc1. The Hall–Kier alpha value is -2.54. The van der Waals surface area contributed by atoms with Crippen LogP contribution in [0.25, 0.3) is 11.1 Å². The van der Waals surface area contributed by atoms with E-state index in [0.29, 0.717) is 6.61 Å². The van der Waals surface area contributed by atoms with Crippen LogP contribution in [0.15, 0.2) is 48.5 Å². The third-order valence-electron chi connectivity index (χ3n) is 4.51. The van der Waals surface area contributed by atoms with Crippen molar-refractivity contribution in [2.75, 3.05) is 20.3 Å². The second-order valence-corrected chi connectivity index (χ2v) is 6.90. The Morgan fingerprint density at radius 2 is 1.53 bits per heavy atom. The van der Waals surface area contributed by atoms with E-state index >= 15 is 0 Å². The topological polar surface area (TPSA) is 44.8 Å². The molecule has 0 N–H and O–H groups in total. The normalized spacial score (nSPS) is 12.4. The minimum Gasteiger partial charge on any atom is -0.494 e. The molecule has 0 fully saturated rings. The number of methoxy groups -OCH3 is 1. The highest BCUT2D eigenvalue weighted by molar-refractivity contribution is 5.90. The lowest BCUT2D eigenvalue weighted by Gasteiger charge is -2.19. The molecule has 2 aromatic rings. The molecule has 2 rings (SSSR count). The van der Waals surface area contributed by atoms with Gasteiger partial charge in [0, 0.05) is 7.11 Å². The number of rotatable bonds is 11. The molecular formula is C23H27F3O4. The van der Waals surface area contributed by atoms with Gasteiger partial charge in [0.2, 0.25) is 6.10 Å². The van der Waals surface area contributed by atoms with Crippen molar-refractivity contribution in [1.82, 2.24) is 0 Å². The van der Waals surface area contributed by atoms with Crippen LogP contribution in [-0.4, -0.2) is 38.6 Å². The quantitative estimate of drug-likeness (QED) is 0.326. The Kier molecular flexibility index (Phi) is 9.17. The number of carbonyl (C=O) groups excluding carboxylic acids is 1. The molecule has 1 atom stereocenters. The van der Waals surface area contributed by atoms with Gasteiger partial charge in [-0.15, -0.1) is 0 Å². The molecule has 0 aromatic heterocycles. The van der Waals surface area contributed by atoms with E-state index in [4.69, 9.17) is 4.74 Å². The fourth-order valence-electron chi connectivity index (χ4n) is 2.81. The van der Waals surface area contributed by atoms with Crippen LogP contribution in [0.2, 0.25) is 0 Å². The maximum Gasteiger partial charge on any atom is 0.427 e. The molecule has 0 aliphatic rings. The summed E-state index contributed by atoms with van der Waals surface area (Å²) in [4.78, 5) is 12.0. The lowest BCUT2D eigenvalue weighted by molar-refractivity contribution is -0.215. The molecule has 7 heteroatoms. The number of hydrogen-bond donors (Lipinski definition) is 0.